The first-order chi connectivity index (χ1) is 7.02. The molecule has 1 aromatic rings. The lowest BCUT2D eigenvalue weighted by molar-refractivity contribution is -0.125. The summed E-state index contributed by atoms with van der Waals surface area (Å²) in [5, 5.41) is 2.23. The minimum atomic E-state index is -3.99. The molecular formula is C9H10F4N2. The number of rotatable bonds is 5. The fraction of sp³-hybridized carbons (Fsp3) is 0.444. The topological polar surface area (TPSA) is 24.9 Å². The molecular weight excluding hydrogens is 212 g/mol. The lowest BCUT2D eigenvalue weighted by Crippen LogP contribution is -2.38. The molecule has 0 aliphatic carbocycles. The summed E-state index contributed by atoms with van der Waals surface area (Å²) in [7, 11) is 0. The number of nitrogens with one attached hydrogen (secondary N) is 1. The minimum Gasteiger partial charge on any atom is -0.305 e. The molecule has 0 fully saturated rings. The minimum absolute atomic E-state index is 0.0448. The van der Waals surface area contributed by atoms with Crippen molar-refractivity contribution in [3.63, 3.8) is 0 Å². The van der Waals surface area contributed by atoms with Crippen LogP contribution in [0.2, 0.25) is 0 Å². The molecule has 0 aliphatic heterocycles. The van der Waals surface area contributed by atoms with Crippen molar-refractivity contribution in [1.29, 1.82) is 0 Å². The molecule has 0 spiro atoms. The molecule has 0 bridgehead atoms. The Bertz CT molecular complexity index is 289. The first-order valence-corrected chi connectivity index (χ1v) is 4.29. The molecule has 2 nitrogen and oxygen atoms in total. The number of nitrogens with zero attached hydrogens (tertiary/aromatic N) is 1. The zero-order valence-electron chi connectivity index (χ0n) is 7.76. The van der Waals surface area contributed by atoms with Gasteiger partial charge in [0, 0.05) is 12.7 Å². The van der Waals surface area contributed by atoms with E-state index >= 15 is 0 Å². The van der Waals surface area contributed by atoms with E-state index in [2.05, 4.69) is 10.3 Å². The predicted molar refractivity (Wildman–Crippen MR) is 46.9 cm³/mol. The molecule has 84 valence electrons. The van der Waals surface area contributed by atoms with Crippen LogP contribution in [0.4, 0.5) is 17.6 Å². The van der Waals surface area contributed by atoms with Gasteiger partial charge in [0.1, 0.15) is 0 Å². The van der Waals surface area contributed by atoms with E-state index in [1.54, 1.807) is 18.2 Å². The Morgan fingerprint density at radius 3 is 2.60 bits per heavy atom. The Labute approximate surface area is 84.3 Å². The van der Waals surface area contributed by atoms with Gasteiger partial charge in [-0.05, 0) is 12.1 Å². The molecule has 1 N–H and O–H groups in total. The third-order valence-corrected chi connectivity index (χ3v) is 1.71. The summed E-state index contributed by atoms with van der Waals surface area (Å²) in [4.78, 5) is 3.85. The van der Waals surface area contributed by atoms with E-state index in [-0.39, 0.29) is 6.54 Å². The van der Waals surface area contributed by atoms with Crippen molar-refractivity contribution in [3.8, 4) is 0 Å². The molecule has 1 heterocycles. The van der Waals surface area contributed by atoms with Crippen LogP contribution >= 0.6 is 0 Å². The second-order valence-corrected chi connectivity index (χ2v) is 2.99. The van der Waals surface area contributed by atoms with E-state index in [4.69, 9.17) is 0 Å². The molecule has 0 radical (unpaired) electrons. The van der Waals surface area contributed by atoms with Gasteiger partial charge in [-0.1, -0.05) is 6.07 Å². The Hall–Kier alpha value is -1.17. The van der Waals surface area contributed by atoms with Crippen molar-refractivity contribution in [2.24, 2.45) is 0 Å². The van der Waals surface area contributed by atoms with Gasteiger partial charge in [0.05, 0.1) is 12.2 Å². The van der Waals surface area contributed by atoms with Crippen molar-refractivity contribution in [1.82, 2.24) is 10.3 Å². The van der Waals surface area contributed by atoms with Crippen molar-refractivity contribution >= 4 is 0 Å². The summed E-state index contributed by atoms with van der Waals surface area (Å²) < 4.78 is 48.3. The standard InChI is InChI=1S/C9H10F4N2/c10-8(11)9(12,13)6-14-5-7-3-1-2-4-15-7/h1-4,8,14H,5-6H2. The van der Waals surface area contributed by atoms with E-state index in [0.717, 1.165) is 0 Å². The number of pyridine rings is 1. The molecule has 0 amide bonds. The van der Waals surface area contributed by atoms with Crippen molar-refractivity contribution in [2.45, 2.75) is 18.9 Å². The maximum Gasteiger partial charge on any atom is 0.319 e. The average Bonchev–Trinajstić information content (AvgIpc) is 2.19. The third kappa shape index (κ3) is 3.83. The van der Waals surface area contributed by atoms with Crippen molar-refractivity contribution in [2.75, 3.05) is 6.54 Å². The lowest BCUT2D eigenvalue weighted by atomic mass is 10.3. The Balaban J connectivity index is 2.34. The Morgan fingerprint density at radius 1 is 1.33 bits per heavy atom. The number of hydrogen-bond acceptors (Lipinski definition) is 2. The number of aromatic nitrogens is 1. The Morgan fingerprint density at radius 2 is 2.07 bits per heavy atom. The van der Waals surface area contributed by atoms with Crippen molar-refractivity contribution in [3.05, 3.63) is 30.1 Å². The molecule has 6 heteroatoms. The summed E-state index contributed by atoms with van der Waals surface area (Å²) in [5.41, 5.74) is 0.530. The van der Waals surface area contributed by atoms with Crippen LogP contribution in [0.1, 0.15) is 5.69 Å². The van der Waals surface area contributed by atoms with Gasteiger partial charge in [0.15, 0.2) is 0 Å². The van der Waals surface area contributed by atoms with Gasteiger partial charge in [0.2, 0.25) is 0 Å². The maximum atomic E-state index is 12.4. The Kier molecular flexibility index (Phi) is 4.02. The normalized spacial score (nSPS) is 12.1. The highest BCUT2D eigenvalue weighted by Gasteiger charge is 2.39. The summed E-state index contributed by atoms with van der Waals surface area (Å²) >= 11 is 0. The molecule has 15 heavy (non-hydrogen) atoms. The van der Waals surface area contributed by atoms with E-state index < -0.39 is 18.9 Å². The summed E-state index contributed by atoms with van der Waals surface area (Å²) in [6.45, 7) is -1.01. The monoisotopic (exact) mass is 222 g/mol. The fourth-order valence-corrected chi connectivity index (χ4v) is 0.937. The van der Waals surface area contributed by atoms with Crippen LogP contribution < -0.4 is 5.32 Å². The van der Waals surface area contributed by atoms with Crippen LogP contribution in [-0.2, 0) is 6.54 Å². The van der Waals surface area contributed by atoms with Crippen LogP contribution in [0, 0.1) is 0 Å². The van der Waals surface area contributed by atoms with E-state index in [1.165, 1.54) is 6.20 Å². The van der Waals surface area contributed by atoms with Crippen LogP contribution in [0.5, 0.6) is 0 Å². The zero-order valence-corrected chi connectivity index (χ0v) is 7.76. The maximum absolute atomic E-state index is 12.4. The molecule has 0 saturated carbocycles. The van der Waals surface area contributed by atoms with Gasteiger partial charge >= 0.3 is 12.3 Å². The van der Waals surface area contributed by atoms with Crippen LogP contribution in [0.15, 0.2) is 24.4 Å². The van der Waals surface area contributed by atoms with Gasteiger partial charge in [0.25, 0.3) is 0 Å². The quantitative estimate of drug-likeness (QED) is 0.771. The zero-order chi connectivity index (χ0) is 11.3. The molecule has 1 rings (SSSR count). The highest BCUT2D eigenvalue weighted by atomic mass is 19.3. The second-order valence-electron chi connectivity index (χ2n) is 2.99. The fourth-order valence-electron chi connectivity index (χ4n) is 0.937. The van der Waals surface area contributed by atoms with Gasteiger partial charge in [-0.2, -0.15) is 8.78 Å². The number of hydrogen-bond donors (Lipinski definition) is 1. The highest BCUT2D eigenvalue weighted by molar-refractivity contribution is 5.02. The molecule has 0 atom stereocenters. The van der Waals surface area contributed by atoms with Gasteiger partial charge in [-0.25, -0.2) is 8.78 Å². The van der Waals surface area contributed by atoms with Crippen LogP contribution in [0.3, 0.4) is 0 Å². The van der Waals surface area contributed by atoms with Crippen LogP contribution in [0.25, 0.3) is 0 Å². The van der Waals surface area contributed by atoms with Gasteiger partial charge < -0.3 is 5.32 Å². The molecule has 1 aromatic heterocycles. The number of alkyl halides is 4. The first kappa shape index (κ1) is 11.9. The summed E-state index contributed by atoms with van der Waals surface area (Å²) in [5.74, 6) is -3.99. The summed E-state index contributed by atoms with van der Waals surface area (Å²) in [6, 6.07) is 4.99. The SMILES string of the molecule is FC(F)C(F)(F)CNCc1ccccn1. The largest absolute Gasteiger partial charge is 0.319 e. The van der Waals surface area contributed by atoms with Gasteiger partial charge in [-0.15, -0.1) is 0 Å². The highest BCUT2D eigenvalue weighted by Crippen LogP contribution is 2.21. The first-order valence-electron chi connectivity index (χ1n) is 4.29. The smallest absolute Gasteiger partial charge is 0.305 e. The van der Waals surface area contributed by atoms with Crippen LogP contribution in [-0.4, -0.2) is 23.9 Å². The molecule has 0 aliphatic rings. The van der Waals surface area contributed by atoms with E-state index in [0.29, 0.717) is 5.69 Å². The third-order valence-electron chi connectivity index (χ3n) is 1.71. The van der Waals surface area contributed by atoms with Crippen molar-refractivity contribution < 1.29 is 17.6 Å². The average molecular weight is 222 g/mol. The predicted octanol–water partition coefficient (Wildman–Crippen LogP) is 2.07. The number of halogens is 4. The molecule has 0 saturated heterocycles. The second kappa shape index (κ2) is 5.06. The van der Waals surface area contributed by atoms with E-state index in [1.807, 2.05) is 0 Å². The molecule has 0 aromatic carbocycles. The van der Waals surface area contributed by atoms with E-state index in [9.17, 15) is 17.6 Å². The lowest BCUT2D eigenvalue weighted by Gasteiger charge is -2.15. The summed E-state index contributed by atoms with van der Waals surface area (Å²) in [6.07, 6.45) is -2.14. The molecule has 0 unspecified atom stereocenters. The van der Waals surface area contributed by atoms with Gasteiger partial charge in [-0.3, -0.25) is 4.98 Å².